The number of hydrogen-bond donors (Lipinski definition) is 0. The van der Waals surface area contributed by atoms with E-state index in [1.54, 1.807) is 27.8 Å². The summed E-state index contributed by atoms with van der Waals surface area (Å²) in [4.78, 5) is 0. The predicted molar refractivity (Wildman–Crippen MR) is 78.3 cm³/mol. The van der Waals surface area contributed by atoms with Gasteiger partial charge in [-0.2, -0.15) is 0 Å². The molecule has 0 N–H and O–H groups in total. The first-order chi connectivity index (χ1) is 8.50. The second-order valence-electron chi connectivity index (χ2n) is 6.88. The first kappa shape index (κ1) is 12.3. The van der Waals surface area contributed by atoms with Gasteiger partial charge in [0.1, 0.15) is 0 Å². The van der Waals surface area contributed by atoms with Crippen LogP contribution in [-0.4, -0.2) is 0 Å². The third kappa shape index (κ3) is 1.57. The summed E-state index contributed by atoms with van der Waals surface area (Å²) in [6.07, 6.45) is 5.68. The van der Waals surface area contributed by atoms with Gasteiger partial charge >= 0.3 is 0 Å². The van der Waals surface area contributed by atoms with E-state index in [1.165, 1.54) is 31.2 Å². The number of hydrogen-bond acceptors (Lipinski definition) is 0. The number of benzene rings is 1. The molecule has 0 radical (unpaired) electrons. The van der Waals surface area contributed by atoms with Crippen LogP contribution in [0, 0.1) is 39.5 Å². The summed E-state index contributed by atoms with van der Waals surface area (Å²) < 4.78 is 0. The van der Waals surface area contributed by atoms with E-state index < -0.39 is 0 Å². The van der Waals surface area contributed by atoms with Crippen LogP contribution in [0.25, 0.3) is 0 Å². The third-order valence-corrected chi connectivity index (χ3v) is 5.95. The molecule has 0 aliphatic heterocycles. The van der Waals surface area contributed by atoms with Gasteiger partial charge < -0.3 is 0 Å². The standard InChI is InChI=1S/C18H26/c1-10-6-7-16-15(8-10)9-17-13(4)11(2)12(3)14(5)18(16)17/h10,15-16H,6-9H2,1-5H3. The quantitative estimate of drug-likeness (QED) is 0.601. The van der Waals surface area contributed by atoms with Crippen molar-refractivity contribution in [2.45, 2.75) is 66.2 Å². The Kier molecular flexibility index (Phi) is 2.80. The average molecular weight is 242 g/mol. The van der Waals surface area contributed by atoms with Crippen LogP contribution in [0.3, 0.4) is 0 Å². The van der Waals surface area contributed by atoms with E-state index in [9.17, 15) is 0 Å². The van der Waals surface area contributed by atoms with Crippen molar-refractivity contribution in [1.29, 1.82) is 0 Å². The lowest BCUT2D eigenvalue weighted by molar-refractivity contribution is 0.261. The number of fused-ring (bicyclic) bond motifs is 3. The summed E-state index contributed by atoms with van der Waals surface area (Å²) >= 11 is 0. The van der Waals surface area contributed by atoms with E-state index in [-0.39, 0.29) is 0 Å². The maximum Gasteiger partial charge on any atom is -0.0125 e. The monoisotopic (exact) mass is 242 g/mol. The minimum absolute atomic E-state index is 0.884. The van der Waals surface area contributed by atoms with Crippen LogP contribution >= 0.6 is 0 Å². The van der Waals surface area contributed by atoms with Crippen LogP contribution in [0.5, 0.6) is 0 Å². The summed E-state index contributed by atoms with van der Waals surface area (Å²) in [7, 11) is 0. The first-order valence-electron chi connectivity index (χ1n) is 7.59. The Morgan fingerprint density at radius 1 is 0.833 bits per heavy atom. The van der Waals surface area contributed by atoms with Gasteiger partial charge in [0.2, 0.25) is 0 Å². The van der Waals surface area contributed by atoms with Gasteiger partial charge in [0.05, 0.1) is 0 Å². The lowest BCUT2D eigenvalue weighted by Gasteiger charge is -2.31. The molecule has 3 unspecified atom stereocenters. The van der Waals surface area contributed by atoms with Crippen molar-refractivity contribution in [2.75, 3.05) is 0 Å². The molecular weight excluding hydrogens is 216 g/mol. The molecular formula is C18H26. The predicted octanol–water partition coefficient (Wildman–Crippen LogP) is 5.00. The van der Waals surface area contributed by atoms with Gasteiger partial charge in [-0.25, -0.2) is 0 Å². The SMILES string of the molecule is Cc1c(C)c(C)c2c(c1C)CC1CC(C)CCC21. The second-order valence-corrected chi connectivity index (χ2v) is 6.88. The molecule has 0 heterocycles. The zero-order valence-corrected chi connectivity index (χ0v) is 12.6. The molecule has 1 aromatic rings. The maximum absolute atomic E-state index is 2.44. The van der Waals surface area contributed by atoms with Crippen LogP contribution in [0.2, 0.25) is 0 Å². The van der Waals surface area contributed by atoms with Gasteiger partial charge in [-0.15, -0.1) is 0 Å². The molecule has 1 fully saturated rings. The van der Waals surface area contributed by atoms with E-state index in [0.29, 0.717) is 0 Å². The minimum atomic E-state index is 0.884. The van der Waals surface area contributed by atoms with Gasteiger partial charge in [0.25, 0.3) is 0 Å². The van der Waals surface area contributed by atoms with Gasteiger partial charge in [0, 0.05) is 0 Å². The van der Waals surface area contributed by atoms with Gasteiger partial charge in [-0.05, 0) is 98.1 Å². The molecule has 3 rings (SSSR count). The summed E-state index contributed by atoms with van der Waals surface area (Å²) in [5, 5.41) is 0. The van der Waals surface area contributed by atoms with E-state index in [0.717, 1.165) is 17.8 Å². The van der Waals surface area contributed by atoms with Crippen molar-refractivity contribution in [3.8, 4) is 0 Å². The van der Waals surface area contributed by atoms with E-state index in [2.05, 4.69) is 34.6 Å². The van der Waals surface area contributed by atoms with Crippen molar-refractivity contribution in [3.63, 3.8) is 0 Å². The number of rotatable bonds is 0. The van der Waals surface area contributed by atoms with Crippen LogP contribution in [0.15, 0.2) is 0 Å². The Hall–Kier alpha value is -0.780. The zero-order valence-electron chi connectivity index (χ0n) is 12.6. The Morgan fingerprint density at radius 3 is 2.22 bits per heavy atom. The topological polar surface area (TPSA) is 0 Å². The summed E-state index contributed by atoms with van der Waals surface area (Å²) in [5.41, 5.74) is 9.76. The van der Waals surface area contributed by atoms with Crippen molar-refractivity contribution >= 4 is 0 Å². The smallest absolute Gasteiger partial charge is 0.0125 e. The molecule has 0 nitrogen and oxygen atoms in total. The van der Waals surface area contributed by atoms with Crippen LogP contribution in [-0.2, 0) is 6.42 Å². The van der Waals surface area contributed by atoms with Gasteiger partial charge in [0.15, 0.2) is 0 Å². The third-order valence-electron chi connectivity index (χ3n) is 5.95. The molecule has 3 atom stereocenters. The van der Waals surface area contributed by atoms with Crippen molar-refractivity contribution in [1.82, 2.24) is 0 Å². The lowest BCUT2D eigenvalue weighted by Crippen LogP contribution is -2.19. The molecule has 2 aliphatic rings. The second kappa shape index (κ2) is 4.11. The molecule has 1 aromatic carbocycles. The molecule has 0 saturated heterocycles. The molecule has 98 valence electrons. The molecule has 0 bridgehead atoms. The maximum atomic E-state index is 2.44. The highest BCUT2D eigenvalue weighted by Crippen LogP contribution is 2.51. The molecule has 2 aliphatic carbocycles. The molecule has 0 heteroatoms. The van der Waals surface area contributed by atoms with Crippen molar-refractivity contribution < 1.29 is 0 Å². The highest BCUT2D eigenvalue weighted by Gasteiger charge is 2.38. The van der Waals surface area contributed by atoms with Crippen molar-refractivity contribution in [3.05, 3.63) is 33.4 Å². The highest BCUT2D eigenvalue weighted by molar-refractivity contribution is 5.54. The Bertz CT molecular complexity index is 495. The zero-order chi connectivity index (χ0) is 13.0. The Balaban J connectivity index is 2.13. The Morgan fingerprint density at radius 2 is 1.50 bits per heavy atom. The highest BCUT2D eigenvalue weighted by atomic mass is 14.4. The molecule has 0 amide bonds. The fraction of sp³-hybridized carbons (Fsp3) is 0.667. The molecule has 0 aromatic heterocycles. The summed E-state index contributed by atoms with van der Waals surface area (Å²) in [6.45, 7) is 11.8. The van der Waals surface area contributed by atoms with Crippen LogP contribution < -0.4 is 0 Å². The van der Waals surface area contributed by atoms with Gasteiger partial charge in [-0.3, -0.25) is 0 Å². The normalized spacial score (nSPS) is 30.2. The largest absolute Gasteiger partial charge is 0.0625 e. The molecule has 18 heavy (non-hydrogen) atoms. The van der Waals surface area contributed by atoms with E-state index in [1.807, 2.05) is 0 Å². The van der Waals surface area contributed by atoms with Gasteiger partial charge in [-0.1, -0.05) is 13.3 Å². The summed E-state index contributed by atoms with van der Waals surface area (Å²) in [6, 6.07) is 0. The molecule has 0 spiro atoms. The Labute approximate surface area is 112 Å². The van der Waals surface area contributed by atoms with E-state index >= 15 is 0 Å². The summed E-state index contributed by atoms with van der Waals surface area (Å²) in [5.74, 6) is 2.78. The average Bonchev–Trinajstić information content (AvgIpc) is 2.72. The van der Waals surface area contributed by atoms with Crippen LogP contribution in [0.4, 0.5) is 0 Å². The lowest BCUT2D eigenvalue weighted by atomic mass is 9.74. The van der Waals surface area contributed by atoms with Crippen molar-refractivity contribution in [2.24, 2.45) is 11.8 Å². The fourth-order valence-corrected chi connectivity index (χ4v) is 4.55. The first-order valence-corrected chi connectivity index (χ1v) is 7.59. The fourth-order valence-electron chi connectivity index (χ4n) is 4.55. The van der Waals surface area contributed by atoms with Crippen LogP contribution in [0.1, 0.15) is 65.5 Å². The molecule has 1 saturated carbocycles. The van der Waals surface area contributed by atoms with E-state index in [4.69, 9.17) is 0 Å². The minimum Gasteiger partial charge on any atom is -0.0625 e.